The Hall–Kier alpha value is -1.68. The fourth-order valence-corrected chi connectivity index (χ4v) is 3.80. The molecule has 0 aliphatic carbocycles. The smallest absolute Gasteiger partial charge is 0.295 e. The first-order chi connectivity index (χ1) is 10.6. The molecule has 0 heterocycles. The second-order valence-corrected chi connectivity index (χ2v) is 7.76. The van der Waals surface area contributed by atoms with Crippen molar-refractivity contribution >= 4 is 36.7 Å². The third kappa shape index (κ3) is 3.63. The van der Waals surface area contributed by atoms with Crippen molar-refractivity contribution in [2.75, 3.05) is 18.0 Å². The molecule has 0 aliphatic rings. The van der Waals surface area contributed by atoms with Crippen LogP contribution in [0.4, 0.5) is 5.69 Å². The van der Waals surface area contributed by atoms with E-state index in [-0.39, 0.29) is 10.8 Å². The second kappa shape index (κ2) is 6.08. The predicted molar refractivity (Wildman–Crippen MR) is 87.1 cm³/mol. The molecule has 2 N–H and O–H groups in total. The van der Waals surface area contributed by atoms with Crippen LogP contribution in [-0.2, 0) is 20.2 Å². The standard InChI is InChI=1S/C14H17NO6S2/c1-3-15(4-2)11-5-6-13-10(7-11)8-12(22(16,17)18)9-14(13)23(19,20)21/h5-9H,3-4H2,1-2H3,(H,16,17,18)(H,19,20,21). The van der Waals surface area contributed by atoms with Gasteiger partial charge in [-0.05, 0) is 43.5 Å². The molecule has 0 spiro atoms. The van der Waals surface area contributed by atoms with E-state index in [1.54, 1.807) is 12.1 Å². The fraction of sp³-hybridized carbons (Fsp3) is 0.286. The Balaban J connectivity index is 2.86. The Bertz CT molecular complexity index is 947. The molecule has 0 aromatic heterocycles. The summed E-state index contributed by atoms with van der Waals surface area (Å²) >= 11 is 0. The molecule has 2 aromatic carbocycles. The molecule has 126 valence electrons. The lowest BCUT2D eigenvalue weighted by molar-refractivity contribution is 0.482. The van der Waals surface area contributed by atoms with E-state index in [1.165, 1.54) is 12.1 Å². The highest BCUT2D eigenvalue weighted by molar-refractivity contribution is 7.86. The topological polar surface area (TPSA) is 112 Å². The number of fused-ring (bicyclic) bond motifs is 1. The van der Waals surface area contributed by atoms with Crippen LogP contribution in [0.1, 0.15) is 13.8 Å². The molecular weight excluding hydrogens is 342 g/mol. The molecule has 0 saturated carbocycles. The zero-order chi connectivity index (χ0) is 17.4. The van der Waals surface area contributed by atoms with E-state index in [9.17, 15) is 25.9 Å². The number of hydrogen-bond donors (Lipinski definition) is 2. The van der Waals surface area contributed by atoms with Gasteiger partial charge in [0.05, 0.1) is 4.90 Å². The number of rotatable bonds is 5. The van der Waals surface area contributed by atoms with Crippen molar-refractivity contribution in [2.24, 2.45) is 0 Å². The fourth-order valence-electron chi connectivity index (χ4n) is 2.44. The highest BCUT2D eigenvalue weighted by atomic mass is 32.2. The molecule has 0 aliphatic heterocycles. The van der Waals surface area contributed by atoms with Crippen LogP contribution < -0.4 is 4.90 Å². The maximum Gasteiger partial charge on any atom is 0.295 e. The van der Waals surface area contributed by atoms with Gasteiger partial charge < -0.3 is 4.90 Å². The van der Waals surface area contributed by atoms with Gasteiger partial charge in [0.2, 0.25) is 0 Å². The monoisotopic (exact) mass is 359 g/mol. The summed E-state index contributed by atoms with van der Waals surface area (Å²) in [6, 6.07) is 6.72. The highest BCUT2D eigenvalue weighted by Gasteiger charge is 2.20. The van der Waals surface area contributed by atoms with Gasteiger partial charge in [0, 0.05) is 24.2 Å². The molecule has 0 atom stereocenters. The van der Waals surface area contributed by atoms with Crippen molar-refractivity contribution in [3.63, 3.8) is 0 Å². The van der Waals surface area contributed by atoms with E-state index in [0.29, 0.717) is 13.1 Å². The number of anilines is 1. The molecule has 2 rings (SSSR count). The zero-order valence-corrected chi connectivity index (χ0v) is 14.2. The van der Waals surface area contributed by atoms with E-state index in [2.05, 4.69) is 0 Å². The summed E-state index contributed by atoms with van der Waals surface area (Å²) in [4.78, 5) is 0.843. The summed E-state index contributed by atoms with van der Waals surface area (Å²) in [5, 5.41) is 0.466. The van der Waals surface area contributed by atoms with Crippen LogP contribution in [0.3, 0.4) is 0 Å². The van der Waals surface area contributed by atoms with Crippen molar-refractivity contribution in [3.8, 4) is 0 Å². The van der Waals surface area contributed by atoms with Crippen molar-refractivity contribution in [1.82, 2.24) is 0 Å². The molecule has 9 heteroatoms. The van der Waals surface area contributed by atoms with Crippen LogP contribution in [0, 0.1) is 0 Å². The van der Waals surface area contributed by atoms with Gasteiger partial charge in [0.25, 0.3) is 20.2 Å². The Morgan fingerprint density at radius 2 is 1.52 bits per heavy atom. The maximum absolute atomic E-state index is 11.5. The van der Waals surface area contributed by atoms with Crippen molar-refractivity contribution in [3.05, 3.63) is 30.3 Å². The first kappa shape index (κ1) is 17.7. The molecular formula is C14H17NO6S2. The molecule has 0 bridgehead atoms. The van der Waals surface area contributed by atoms with Gasteiger partial charge >= 0.3 is 0 Å². The molecule has 0 saturated heterocycles. The van der Waals surface area contributed by atoms with E-state index < -0.39 is 30.0 Å². The van der Waals surface area contributed by atoms with Gasteiger partial charge in [0.1, 0.15) is 4.90 Å². The van der Waals surface area contributed by atoms with E-state index in [0.717, 1.165) is 11.8 Å². The summed E-state index contributed by atoms with van der Waals surface area (Å²) in [5.74, 6) is 0. The van der Waals surface area contributed by atoms with Crippen LogP contribution in [-0.4, -0.2) is 39.0 Å². The summed E-state index contributed by atoms with van der Waals surface area (Å²) in [7, 11) is -9.26. The van der Waals surface area contributed by atoms with E-state index in [4.69, 9.17) is 0 Å². The Morgan fingerprint density at radius 1 is 0.913 bits per heavy atom. The zero-order valence-electron chi connectivity index (χ0n) is 12.6. The van der Waals surface area contributed by atoms with Crippen molar-refractivity contribution in [1.29, 1.82) is 0 Å². The molecule has 0 unspecified atom stereocenters. The maximum atomic E-state index is 11.5. The Labute approximate surface area is 135 Å². The summed E-state index contributed by atoms with van der Waals surface area (Å²) < 4.78 is 64.3. The van der Waals surface area contributed by atoms with Gasteiger partial charge in [-0.25, -0.2) is 0 Å². The van der Waals surface area contributed by atoms with E-state index >= 15 is 0 Å². The van der Waals surface area contributed by atoms with Gasteiger partial charge in [-0.3, -0.25) is 9.11 Å². The largest absolute Gasteiger partial charge is 0.372 e. The molecule has 0 amide bonds. The van der Waals surface area contributed by atoms with Crippen LogP contribution in [0.15, 0.2) is 40.1 Å². The number of hydrogen-bond acceptors (Lipinski definition) is 5. The first-order valence-corrected chi connectivity index (χ1v) is 9.73. The Kier molecular flexibility index (Phi) is 4.67. The van der Waals surface area contributed by atoms with Crippen LogP contribution >= 0.6 is 0 Å². The van der Waals surface area contributed by atoms with Gasteiger partial charge in [-0.1, -0.05) is 6.07 Å². The quantitative estimate of drug-likeness (QED) is 0.787. The minimum absolute atomic E-state index is 0.177. The summed E-state index contributed by atoms with van der Waals surface area (Å²) in [6.07, 6.45) is 0. The van der Waals surface area contributed by atoms with Crippen molar-refractivity contribution in [2.45, 2.75) is 23.6 Å². The number of benzene rings is 2. The lowest BCUT2D eigenvalue weighted by Crippen LogP contribution is -2.21. The summed E-state index contributed by atoms with van der Waals surface area (Å²) in [5.41, 5.74) is 0.774. The van der Waals surface area contributed by atoms with E-state index in [1.807, 2.05) is 18.7 Å². The molecule has 23 heavy (non-hydrogen) atoms. The SMILES string of the molecule is CCN(CC)c1ccc2c(S(=O)(=O)O)cc(S(=O)(=O)O)cc2c1. The molecule has 7 nitrogen and oxygen atoms in total. The van der Waals surface area contributed by atoms with Gasteiger partial charge in [-0.2, -0.15) is 16.8 Å². The van der Waals surface area contributed by atoms with Crippen LogP contribution in [0.25, 0.3) is 10.8 Å². The third-order valence-corrected chi connectivity index (χ3v) is 5.30. The minimum Gasteiger partial charge on any atom is -0.372 e. The lowest BCUT2D eigenvalue weighted by Gasteiger charge is -2.21. The Morgan fingerprint density at radius 3 is 2.00 bits per heavy atom. The third-order valence-electron chi connectivity index (χ3n) is 3.58. The molecule has 2 aromatic rings. The highest BCUT2D eigenvalue weighted by Crippen LogP contribution is 2.30. The van der Waals surface area contributed by atoms with Gasteiger partial charge in [-0.15, -0.1) is 0 Å². The van der Waals surface area contributed by atoms with Gasteiger partial charge in [0.15, 0.2) is 0 Å². The number of nitrogens with zero attached hydrogens (tertiary/aromatic N) is 1. The van der Waals surface area contributed by atoms with Crippen LogP contribution in [0.5, 0.6) is 0 Å². The predicted octanol–water partition coefficient (Wildman–Crippen LogP) is 2.18. The van der Waals surface area contributed by atoms with Crippen molar-refractivity contribution < 1.29 is 25.9 Å². The molecule has 0 radical (unpaired) electrons. The minimum atomic E-state index is -4.65. The average molecular weight is 359 g/mol. The average Bonchev–Trinajstić information content (AvgIpc) is 2.45. The normalized spacial score (nSPS) is 12.5. The molecule has 0 fully saturated rings. The summed E-state index contributed by atoms with van der Waals surface area (Å²) in [6.45, 7) is 5.33. The van der Waals surface area contributed by atoms with Crippen LogP contribution in [0.2, 0.25) is 0 Å². The lowest BCUT2D eigenvalue weighted by atomic mass is 10.1. The second-order valence-electron chi connectivity index (χ2n) is 4.95. The first-order valence-electron chi connectivity index (χ1n) is 6.85.